The Kier molecular flexibility index (Phi) is 5.75. The Morgan fingerprint density at radius 2 is 1.83 bits per heavy atom. The molecule has 0 unspecified atom stereocenters. The number of benzene rings is 1. The van der Waals surface area contributed by atoms with Gasteiger partial charge in [-0.25, -0.2) is 4.79 Å². The quantitative estimate of drug-likeness (QED) is 0.815. The number of hydrogen-bond donors (Lipinski definition) is 2. The van der Waals surface area contributed by atoms with Crippen LogP contribution in [0.4, 0.5) is 4.79 Å². The van der Waals surface area contributed by atoms with Crippen molar-refractivity contribution >= 4 is 23.7 Å². The van der Waals surface area contributed by atoms with Gasteiger partial charge < -0.3 is 9.73 Å². The summed E-state index contributed by atoms with van der Waals surface area (Å²) >= 11 is 1.10. The molecule has 0 bridgehead atoms. The maximum absolute atomic E-state index is 11.9. The van der Waals surface area contributed by atoms with E-state index in [-0.39, 0.29) is 11.3 Å². The molecule has 1 atom stereocenters. The fraction of sp³-hybridized carbons (Fsp3) is 0.333. The molecule has 7 nitrogen and oxygen atoms in total. The molecular formula is C15H18N4O3S. The van der Waals surface area contributed by atoms with Crippen molar-refractivity contribution in [2.45, 2.75) is 37.3 Å². The second kappa shape index (κ2) is 7.77. The zero-order valence-electron chi connectivity index (χ0n) is 13.1. The highest BCUT2D eigenvalue weighted by Crippen LogP contribution is 2.25. The summed E-state index contributed by atoms with van der Waals surface area (Å²) in [6, 6.07) is 8.78. The summed E-state index contributed by atoms with van der Waals surface area (Å²) in [5.74, 6) is -0.0362. The molecule has 2 rings (SSSR count). The number of aromatic nitrogens is 2. The lowest BCUT2D eigenvalue weighted by atomic mass is 10.2. The molecule has 0 aliphatic carbocycles. The van der Waals surface area contributed by atoms with E-state index in [2.05, 4.69) is 20.8 Å². The van der Waals surface area contributed by atoms with Crippen LogP contribution in [-0.2, 0) is 4.79 Å². The third kappa shape index (κ3) is 5.10. The van der Waals surface area contributed by atoms with Crippen LogP contribution in [0.25, 0.3) is 11.5 Å². The highest BCUT2D eigenvalue weighted by Gasteiger charge is 2.20. The lowest BCUT2D eigenvalue weighted by Gasteiger charge is -2.11. The van der Waals surface area contributed by atoms with Crippen molar-refractivity contribution in [2.75, 3.05) is 0 Å². The molecule has 2 aromatic rings. The summed E-state index contributed by atoms with van der Waals surface area (Å²) in [5.41, 5.74) is 0.806. The zero-order chi connectivity index (χ0) is 16.8. The molecule has 0 fully saturated rings. The van der Waals surface area contributed by atoms with Gasteiger partial charge in [0.1, 0.15) is 0 Å². The van der Waals surface area contributed by atoms with Crippen molar-refractivity contribution in [3.8, 4) is 11.5 Å². The molecule has 0 radical (unpaired) electrons. The van der Waals surface area contributed by atoms with Gasteiger partial charge in [0.05, 0.1) is 5.25 Å². The molecule has 1 aromatic carbocycles. The van der Waals surface area contributed by atoms with Crippen LogP contribution >= 0.6 is 11.8 Å². The minimum Gasteiger partial charge on any atom is -0.411 e. The van der Waals surface area contributed by atoms with Gasteiger partial charge in [0.25, 0.3) is 5.22 Å². The van der Waals surface area contributed by atoms with E-state index >= 15 is 0 Å². The van der Waals surface area contributed by atoms with Crippen LogP contribution in [0.3, 0.4) is 0 Å². The van der Waals surface area contributed by atoms with E-state index < -0.39 is 17.2 Å². The van der Waals surface area contributed by atoms with Crippen LogP contribution in [0.15, 0.2) is 40.0 Å². The van der Waals surface area contributed by atoms with Gasteiger partial charge in [-0.05, 0) is 32.9 Å². The minimum absolute atomic E-state index is 0.0462. The lowest BCUT2D eigenvalue weighted by molar-refractivity contribution is -0.119. The monoisotopic (exact) mass is 334 g/mol. The Bertz CT molecular complexity index is 672. The number of thioether (sulfide) groups is 1. The molecule has 0 aliphatic heterocycles. The fourth-order valence-electron chi connectivity index (χ4n) is 1.67. The predicted molar refractivity (Wildman–Crippen MR) is 86.9 cm³/mol. The molecule has 3 amide bonds. The van der Waals surface area contributed by atoms with Gasteiger partial charge in [-0.1, -0.05) is 30.0 Å². The average molecular weight is 334 g/mol. The van der Waals surface area contributed by atoms with E-state index in [1.807, 2.05) is 44.2 Å². The van der Waals surface area contributed by atoms with E-state index in [4.69, 9.17) is 4.42 Å². The number of nitrogens with zero attached hydrogens (tertiary/aromatic N) is 2. The Morgan fingerprint density at radius 1 is 1.13 bits per heavy atom. The molecular weight excluding hydrogens is 316 g/mol. The van der Waals surface area contributed by atoms with Crippen LogP contribution in [0, 0.1) is 0 Å². The van der Waals surface area contributed by atoms with E-state index in [0.29, 0.717) is 5.89 Å². The Balaban J connectivity index is 1.93. The van der Waals surface area contributed by atoms with Crippen LogP contribution in [0.2, 0.25) is 0 Å². The van der Waals surface area contributed by atoms with Crippen molar-refractivity contribution in [3.05, 3.63) is 30.3 Å². The molecule has 0 saturated heterocycles. The first-order valence-electron chi connectivity index (χ1n) is 7.12. The summed E-state index contributed by atoms with van der Waals surface area (Å²) in [4.78, 5) is 23.4. The first kappa shape index (κ1) is 17.0. The van der Waals surface area contributed by atoms with E-state index in [0.717, 1.165) is 17.3 Å². The summed E-state index contributed by atoms with van der Waals surface area (Å²) in [7, 11) is 0. The van der Waals surface area contributed by atoms with Gasteiger partial charge in [-0.15, -0.1) is 10.2 Å². The van der Waals surface area contributed by atoms with Crippen molar-refractivity contribution in [1.82, 2.24) is 20.8 Å². The molecule has 23 heavy (non-hydrogen) atoms. The van der Waals surface area contributed by atoms with E-state index in [1.165, 1.54) is 0 Å². The normalized spacial score (nSPS) is 12.0. The SMILES string of the molecule is CC(C)NC(=O)NC(=O)[C@@H](C)Sc1nnc(-c2ccccc2)o1. The number of imide groups is 1. The molecule has 122 valence electrons. The Hall–Kier alpha value is -2.35. The highest BCUT2D eigenvalue weighted by molar-refractivity contribution is 8.00. The third-order valence-electron chi connectivity index (χ3n) is 2.73. The molecule has 2 N–H and O–H groups in total. The number of rotatable bonds is 5. The number of carbonyl (C=O) groups is 2. The minimum atomic E-state index is -0.544. The summed E-state index contributed by atoms with van der Waals surface area (Å²) in [5, 5.41) is 12.4. The molecule has 1 aromatic heterocycles. The highest BCUT2D eigenvalue weighted by atomic mass is 32.2. The molecule has 1 heterocycles. The number of amides is 3. The smallest absolute Gasteiger partial charge is 0.321 e. The summed E-state index contributed by atoms with van der Waals surface area (Å²) in [6.45, 7) is 5.28. The maximum Gasteiger partial charge on any atom is 0.321 e. The fourth-order valence-corrected chi connectivity index (χ4v) is 2.35. The molecule has 0 spiro atoms. The first-order valence-corrected chi connectivity index (χ1v) is 8.00. The van der Waals surface area contributed by atoms with Gasteiger partial charge in [-0.3, -0.25) is 10.1 Å². The van der Waals surface area contributed by atoms with Gasteiger partial charge in [-0.2, -0.15) is 0 Å². The van der Waals surface area contributed by atoms with Crippen LogP contribution < -0.4 is 10.6 Å². The molecule has 8 heteroatoms. The molecule has 0 saturated carbocycles. The van der Waals surface area contributed by atoms with E-state index in [9.17, 15) is 9.59 Å². The van der Waals surface area contributed by atoms with Crippen molar-refractivity contribution in [3.63, 3.8) is 0 Å². The number of urea groups is 1. The maximum atomic E-state index is 11.9. The predicted octanol–water partition coefficient (Wildman–Crippen LogP) is 2.45. The van der Waals surface area contributed by atoms with Crippen LogP contribution in [0.1, 0.15) is 20.8 Å². The van der Waals surface area contributed by atoms with Gasteiger partial charge >= 0.3 is 6.03 Å². The van der Waals surface area contributed by atoms with Gasteiger partial charge in [0, 0.05) is 11.6 Å². The largest absolute Gasteiger partial charge is 0.411 e. The third-order valence-corrected chi connectivity index (χ3v) is 3.66. The second-order valence-corrected chi connectivity index (χ2v) is 6.41. The van der Waals surface area contributed by atoms with Crippen LogP contribution in [0.5, 0.6) is 0 Å². The number of carbonyl (C=O) groups excluding carboxylic acids is 2. The zero-order valence-corrected chi connectivity index (χ0v) is 13.9. The number of nitrogens with one attached hydrogen (secondary N) is 2. The Morgan fingerprint density at radius 3 is 2.48 bits per heavy atom. The molecule has 0 aliphatic rings. The van der Waals surface area contributed by atoms with Crippen LogP contribution in [-0.4, -0.2) is 33.4 Å². The lowest BCUT2D eigenvalue weighted by Crippen LogP contribution is -2.45. The van der Waals surface area contributed by atoms with Crippen molar-refractivity contribution in [1.29, 1.82) is 0 Å². The first-order chi connectivity index (χ1) is 11.0. The summed E-state index contributed by atoms with van der Waals surface area (Å²) in [6.07, 6.45) is 0. The number of hydrogen-bond acceptors (Lipinski definition) is 6. The average Bonchev–Trinajstić information content (AvgIpc) is 2.95. The van der Waals surface area contributed by atoms with Crippen molar-refractivity contribution < 1.29 is 14.0 Å². The summed E-state index contributed by atoms with van der Waals surface area (Å²) < 4.78 is 5.52. The van der Waals surface area contributed by atoms with E-state index in [1.54, 1.807) is 6.92 Å². The van der Waals surface area contributed by atoms with Gasteiger partial charge in [0.15, 0.2) is 0 Å². The standard InChI is InChI=1S/C15H18N4O3S/c1-9(2)16-14(21)17-12(20)10(3)23-15-19-18-13(22-15)11-7-5-4-6-8-11/h4-10H,1-3H3,(H2,16,17,20,21)/t10-/m1/s1. The van der Waals surface area contributed by atoms with Gasteiger partial charge in [0.2, 0.25) is 11.8 Å². The van der Waals surface area contributed by atoms with Crippen molar-refractivity contribution in [2.24, 2.45) is 0 Å². The topological polar surface area (TPSA) is 97.1 Å². The Labute approximate surface area is 138 Å². The second-order valence-electron chi connectivity index (χ2n) is 5.12.